The lowest BCUT2D eigenvalue weighted by molar-refractivity contribution is -0.238. The molecule has 0 aromatic rings. The minimum absolute atomic E-state index is 0.385. The number of primary amides is 1. The Morgan fingerprint density at radius 3 is 2.16 bits per heavy atom. The summed E-state index contributed by atoms with van der Waals surface area (Å²) in [5.41, 5.74) is 11.1. The first kappa shape index (κ1) is 26.7. The molecular weight excluding hydrogens is 416 g/mol. The maximum Gasteiger partial charge on any atom is 0.326 e. The average Bonchev–Trinajstić information content (AvgIpc) is 2.67. The van der Waals surface area contributed by atoms with Crippen molar-refractivity contribution in [3.8, 4) is 0 Å². The van der Waals surface area contributed by atoms with Crippen molar-refractivity contribution in [3.63, 3.8) is 0 Å². The predicted octanol–water partition coefficient (Wildman–Crippen LogP) is -3.54. The molecule has 1 fully saturated rings. The number of carboxylic acid groups (broad SMARTS) is 1. The lowest BCUT2D eigenvalue weighted by Crippen LogP contribution is -2.71. The number of carboxylic acids is 1. The molecule has 0 radical (unpaired) electrons. The van der Waals surface area contributed by atoms with Crippen LogP contribution in [-0.2, 0) is 23.9 Å². The second-order valence-corrected chi connectivity index (χ2v) is 7.83. The van der Waals surface area contributed by atoms with Crippen molar-refractivity contribution in [2.75, 3.05) is 6.61 Å². The van der Waals surface area contributed by atoms with Crippen molar-refractivity contribution >= 4 is 23.7 Å². The van der Waals surface area contributed by atoms with E-state index in [0.29, 0.717) is 0 Å². The van der Waals surface area contributed by atoms with Crippen molar-refractivity contribution in [1.29, 1.82) is 0 Å². The Bertz CT molecular complexity index is 674. The number of hydrogen-bond acceptors (Lipinski definition) is 9. The molecule has 1 aliphatic rings. The van der Waals surface area contributed by atoms with Gasteiger partial charge in [0.05, 0.1) is 12.6 Å². The Kier molecular flexibility index (Phi) is 9.77. The maximum absolute atomic E-state index is 13.2. The van der Waals surface area contributed by atoms with Gasteiger partial charge in [0.1, 0.15) is 30.4 Å². The van der Waals surface area contributed by atoms with Crippen LogP contribution in [0.4, 0.5) is 0 Å². The van der Waals surface area contributed by atoms with E-state index in [1.54, 1.807) is 13.8 Å². The Morgan fingerprint density at radius 1 is 1.16 bits per heavy atom. The van der Waals surface area contributed by atoms with Crippen molar-refractivity contribution in [2.24, 2.45) is 17.4 Å². The van der Waals surface area contributed by atoms with Gasteiger partial charge in [-0.25, -0.2) is 4.79 Å². The van der Waals surface area contributed by atoms with Crippen LogP contribution in [-0.4, -0.2) is 98.3 Å². The average molecular weight is 448 g/mol. The van der Waals surface area contributed by atoms with Gasteiger partial charge in [0.15, 0.2) is 6.23 Å². The first-order valence-electron chi connectivity index (χ1n) is 9.81. The molecule has 13 nitrogen and oxygen atoms in total. The fourth-order valence-corrected chi connectivity index (χ4v) is 3.30. The number of aliphatic hydroxyl groups is 3. The van der Waals surface area contributed by atoms with Crippen LogP contribution >= 0.6 is 0 Å². The van der Waals surface area contributed by atoms with Crippen LogP contribution in [0.2, 0.25) is 0 Å². The zero-order chi connectivity index (χ0) is 24.0. The molecule has 1 heterocycles. The maximum atomic E-state index is 13.2. The van der Waals surface area contributed by atoms with E-state index in [4.69, 9.17) is 16.2 Å². The minimum atomic E-state index is -1.71. The van der Waals surface area contributed by atoms with Crippen molar-refractivity contribution in [2.45, 2.75) is 76.3 Å². The molecule has 0 aliphatic carbocycles. The van der Waals surface area contributed by atoms with Crippen LogP contribution < -0.4 is 16.8 Å². The number of nitrogens with zero attached hydrogens (tertiary/aromatic N) is 1. The van der Waals surface area contributed by atoms with E-state index in [2.05, 4.69) is 5.32 Å². The van der Waals surface area contributed by atoms with E-state index in [1.165, 1.54) is 0 Å². The molecule has 1 rings (SSSR count). The molecule has 31 heavy (non-hydrogen) atoms. The highest BCUT2D eigenvalue weighted by atomic mass is 16.5. The largest absolute Gasteiger partial charge is 0.480 e. The molecule has 0 aromatic heterocycles. The van der Waals surface area contributed by atoms with Crippen LogP contribution in [0.5, 0.6) is 0 Å². The highest BCUT2D eigenvalue weighted by Crippen LogP contribution is 2.28. The Labute approximate surface area is 179 Å². The number of rotatable bonds is 10. The fraction of sp³-hybridized carbons (Fsp3) is 0.778. The number of ether oxygens (including phenoxy) is 1. The van der Waals surface area contributed by atoms with E-state index < -0.39 is 85.3 Å². The van der Waals surface area contributed by atoms with Gasteiger partial charge in [-0.2, -0.15) is 0 Å². The highest BCUT2D eigenvalue weighted by Gasteiger charge is 2.51. The summed E-state index contributed by atoms with van der Waals surface area (Å²) in [7, 11) is 0. The number of carbonyl (C=O) groups excluding carboxylic acids is 3. The lowest BCUT2D eigenvalue weighted by atomic mass is 9.93. The van der Waals surface area contributed by atoms with Gasteiger partial charge >= 0.3 is 5.97 Å². The molecule has 0 saturated carbocycles. The van der Waals surface area contributed by atoms with Crippen LogP contribution in [0.3, 0.4) is 0 Å². The van der Waals surface area contributed by atoms with Gasteiger partial charge < -0.3 is 41.9 Å². The standard InChI is InChI=1S/C18H32N4O9/c1-7(2)12(20)16(28)22(9(18(29)30)4-5-11(19)25)17-13(21-8(3)24)15(27)14(26)10(6-23)31-17/h7,9-10,12-15,17,23,26-27H,4-6,20H2,1-3H3,(H2,19,25)(H,21,24)(H,29,30)/t9-,10-,12+,13-,14-,15-,17?/m1/s1. The summed E-state index contributed by atoms with van der Waals surface area (Å²) in [5.74, 6) is -4.27. The third kappa shape index (κ3) is 6.58. The fourth-order valence-electron chi connectivity index (χ4n) is 3.30. The van der Waals surface area contributed by atoms with Crippen LogP contribution in [0.25, 0.3) is 0 Å². The van der Waals surface area contributed by atoms with E-state index in [1.807, 2.05) is 0 Å². The van der Waals surface area contributed by atoms with Gasteiger partial charge in [-0.05, 0) is 12.3 Å². The van der Waals surface area contributed by atoms with Crippen molar-refractivity contribution in [1.82, 2.24) is 10.2 Å². The molecule has 1 saturated heterocycles. The first-order valence-corrected chi connectivity index (χ1v) is 9.81. The number of aliphatic hydroxyl groups excluding tert-OH is 3. The van der Waals surface area contributed by atoms with Crippen molar-refractivity contribution < 1.29 is 44.3 Å². The van der Waals surface area contributed by atoms with Crippen LogP contribution in [0.15, 0.2) is 0 Å². The zero-order valence-corrected chi connectivity index (χ0v) is 17.7. The molecule has 13 heteroatoms. The molecule has 3 amide bonds. The molecule has 178 valence electrons. The number of carbonyl (C=O) groups is 4. The third-order valence-corrected chi connectivity index (χ3v) is 5.09. The number of amides is 3. The minimum Gasteiger partial charge on any atom is -0.480 e. The van der Waals surface area contributed by atoms with Gasteiger partial charge in [0.2, 0.25) is 17.7 Å². The Hall–Kier alpha value is -2.32. The number of aliphatic carboxylic acids is 1. The molecule has 0 spiro atoms. The van der Waals surface area contributed by atoms with Gasteiger partial charge in [0.25, 0.3) is 0 Å². The number of nitrogens with one attached hydrogen (secondary N) is 1. The monoisotopic (exact) mass is 448 g/mol. The molecule has 7 atom stereocenters. The zero-order valence-electron chi connectivity index (χ0n) is 17.7. The van der Waals surface area contributed by atoms with E-state index >= 15 is 0 Å². The summed E-state index contributed by atoms with van der Waals surface area (Å²) in [6, 6.07) is -4.30. The van der Waals surface area contributed by atoms with E-state index in [9.17, 15) is 39.6 Å². The summed E-state index contributed by atoms with van der Waals surface area (Å²) in [6.45, 7) is 3.60. The number of nitrogens with two attached hydrogens (primary N) is 2. The predicted molar refractivity (Wildman–Crippen MR) is 105 cm³/mol. The van der Waals surface area contributed by atoms with Crippen LogP contribution in [0, 0.1) is 5.92 Å². The van der Waals surface area contributed by atoms with Gasteiger partial charge in [-0.3, -0.25) is 19.3 Å². The number of hydrogen-bond donors (Lipinski definition) is 7. The molecule has 9 N–H and O–H groups in total. The molecule has 0 bridgehead atoms. The third-order valence-electron chi connectivity index (χ3n) is 5.09. The summed E-state index contributed by atoms with van der Waals surface area (Å²) in [6.07, 6.45) is -7.13. The molecule has 1 aliphatic heterocycles. The van der Waals surface area contributed by atoms with Gasteiger partial charge in [-0.1, -0.05) is 13.8 Å². The SMILES string of the molecule is CC(=O)N[C@H]1C(N(C(=O)[C@@H](N)C(C)C)[C@H](CCC(N)=O)C(=O)O)O[C@H](CO)[C@@H](O)[C@@H]1O. The second kappa shape index (κ2) is 11.3. The Morgan fingerprint density at radius 2 is 1.74 bits per heavy atom. The van der Waals surface area contributed by atoms with Crippen LogP contribution in [0.1, 0.15) is 33.6 Å². The quantitative estimate of drug-likeness (QED) is 0.174. The van der Waals surface area contributed by atoms with E-state index in [-0.39, 0.29) is 6.42 Å². The summed E-state index contributed by atoms with van der Waals surface area (Å²) >= 11 is 0. The summed E-state index contributed by atoms with van der Waals surface area (Å²) < 4.78 is 5.58. The molecule has 0 aromatic carbocycles. The van der Waals surface area contributed by atoms with Gasteiger partial charge in [-0.15, -0.1) is 0 Å². The van der Waals surface area contributed by atoms with Crippen molar-refractivity contribution in [3.05, 3.63) is 0 Å². The summed E-state index contributed by atoms with van der Waals surface area (Å²) in [4.78, 5) is 48.9. The smallest absolute Gasteiger partial charge is 0.326 e. The highest BCUT2D eigenvalue weighted by molar-refractivity contribution is 5.88. The normalized spacial score (nSPS) is 27.9. The molecule has 1 unspecified atom stereocenters. The molecular formula is C18H32N4O9. The summed E-state index contributed by atoms with van der Waals surface area (Å²) in [5, 5.41) is 42.4. The lowest BCUT2D eigenvalue weighted by Gasteiger charge is -2.48. The van der Waals surface area contributed by atoms with E-state index in [0.717, 1.165) is 11.8 Å². The second-order valence-electron chi connectivity index (χ2n) is 7.83. The Balaban J connectivity index is 3.55. The first-order chi connectivity index (χ1) is 14.3. The topological polar surface area (TPSA) is 226 Å². The van der Waals surface area contributed by atoms with Gasteiger partial charge in [0, 0.05) is 13.3 Å².